The zero-order valence-electron chi connectivity index (χ0n) is 11.1. The number of rotatable bonds is 6. The van der Waals surface area contributed by atoms with Crippen molar-refractivity contribution in [3.63, 3.8) is 0 Å². The normalized spacial score (nSPS) is 25.7. The van der Waals surface area contributed by atoms with Gasteiger partial charge in [-0.05, 0) is 0 Å². The van der Waals surface area contributed by atoms with Gasteiger partial charge in [-0.15, -0.1) is 23.5 Å². The lowest BCUT2D eigenvalue weighted by molar-refractivity contribution is -0.133. The van der Waals surface area contributed by atoms with Crippen molar-refractivity contribution >= 4 is 47.2 Å². The summed E-state index contributed by atoms with van der Waals surface area (Å²) >= 11 is 3.00. The van der Waals surface area contributed by atoms with Crippen LogP contribution in [0.2, 0.25) is 0 Å². The molecule has 0 saturated carbocycles. The van der Waals surface area contributed by atoms with E-state index in [1.54, 1.807) is 0 Å². The van der Waals surface area contributed by atoms with Crippen molar-refractivity contribution < 1.29 is 19.2 Å². The second-order valence-corrected chi connectivity index (χ2v) is 6.96. The van der Waals surface area contributed by atoms with Crippen LogP contribution in [0.1, 0.15) is 0 Å². The quantitative estimate of drug-likeness (QED) is 0.319. The number of piperazine rings is 2. The smallest absolute Gasteiger partial charge is 0.243 e. The Morgan fingerprint density at radius 1 is 0.810 bits per heavy atom. The van der Waals surface area contributed by atoms with Crippen LogP contribution in [0.5, 0.6) is 0 Å². The first-order valence-corrected chi connectivity index (χ1v) is 8.67. The maximum atomic E-state index is 11.5. The lowest BCUT2D eigenvalue weighted by Crippen LogP contribution is -2.57. The third-order valence-corrected chi connectivity index (χ3v) is 5.36. The molecule has 0 aliphatic carbocycles. The summed E-state index contributed by atoms with van der Waals surface area (Å²) in [5.74, 6) is 0.239. The minimum atomic E-state index is -0.505. The predicted molar refractivity (Wildman–Crippen MR) is 79.7 cm³/mol. The maximum absolute atomic E-state index is 11.5. The molecule has 0 aromatic rings. The molecule has 2 aliphatic heterocycles. The molecular weight excluding hydrogens is 316 g/mol. The van der Waals surface area contributed by atoms with Crippen molar-refractivity contribution in [2.24, 2.45) is 0 Å². The van der Waals surface area contributed by atoms with Crippen LogP contribution in [0.3, 0.4) is 0 Å². The molecule has 0 bridgehead atoms. The molecule has 0 aromatic heterocycles. The Hall–Kier alpha value is -1.42. The van der Waals surface area contributed by atoms with Crippen molar-refractivity contribution in [1.82, 2.24) is 21.3 Å². The monoisotopic (exact) mass is 332 g/mol. The summed E-state index contributed by atoms with van der Waals surface area (Å²) in [5.41, 5.74) is 0. The highest BCUT2D eigenvalue weighted by atomic mass is 32.2. The molecule has 2 heterocycles. The second-order valence-electron chi connectivity index (χ2n) is 4.54. The van der Waals surface area contributed by atoms with Crippen molar-refractivity contribution in [3.8, 4) is 0 Å². The van der Waals surface area contributed by atoms with Gasteiger partial charge in [-0.25, -0.2) is 0 Å². The van der Waals surface area contributed by atoms with Gasteiger partial charge in [-0.1, -0.05) is 0 Å². The fraction of sp³-hybridized carbons (Fsp3) is 0.636. The molecule has 2 rings (SSSR count). The van der Waals surface area contributed by atoms with Crippen LogP contribution in [-0.2, 0) is 19.2 Å². The van der Waals surface area contributed by atoms with Gasteiger partial charge >= 0.3 is 0 Å². The van der Waals surface area contributed by atoms with E-state index in [-0.39, 0.29) is 36.7 Å². The van der Waals surface area contributed by atoms with E-state index >= 15 is 0 Å². The summed E-state index contributed by atoms with van der Waals surface area (Å²) in [4.78, 5) is 45.3. The van der Waals surface area contributed by atoms with Crippen molar-refractivity contribution in [3.05, 3.63) is 0 Å². The van der Waals surface area contributed by atoms with Crippen LogP contribution >= 0.6 is 23.5 Å². The average molecular weight is 332 g/mol. The number of hydrogen-bond donors (Lipinski definition) is 4. The molecule has 0 radical (unpaired) electrons. The van der Waals surface area contributed by atoms with Crippen LogP contribution in [0.15, 0.2) is 0 Å². The molecule has 116 valence electrons. The summed E-state index contributed by atoms with van der Waals surface area (Å²) < 4.78 is 0. The molecule has 21 heavy (non-hydrogen) atoms. The Kier molecular flexibility index (Phi) is 5.74. The van der Waals surface area contributed by atoms with E-state index in [4.69, 9.17) is 0 Å². The molecule has 8 nitrogen and oxygen atoms in total. The third kappa shape index (κ3) is 4.81. The molecule has 2 saturated heterocycles. The van der Waals surface area contributed by atoms with Crippen LogP contribution in [0.25, 0.3) is 0 Å². The lowest BCUT2D eigenvalue weighted by Gasteiger charge is -2.23. The fourth-order valence-corrected chi connectivity index (χ4v) is 4.01. The largest absolute Gasteiger partial charge is 0.345 e. The Morgan fingerprint density at radius 3 is 1.67 bits per heavy atom. The Morgan fingerprint density at radius 2 is 1.24 bits per heavy atom. The van der Waals surface area contributed by atoms with E-state index in [0.29, 0.717) is 16.6 Å². The first-order valence-electron chi connectivity index (χ1n) is 6.36. The number of thioether (sulfide) groups is 2. The fourth-order valence-electron chi connectivity index (χ4n) is 1.83. The van der Waals surface area contributed by atoms with Crippen LogP contribution in [0, 0.1) is 0 Å². The Labute approximate surface area is 129 Å². The molecule has 4 N–H and O–H groups in total. The minimum absolute atomic E-state index is 0.0330. The van der Waals surface area contributed by atoms with Gasteiger partial charge in [0, 0.05) is 16.6 Å². The average Bonchev–Trinajstić information content (AvgIpc) is 2.45. The van der Waals surface area contributed by atoms with Gasteiger partial charge < -0.3 is 21.3 Å². The highest BCUT2D eigenvalue weighted by molar-refractivity contribution is 8.16. The van der Waals surface area contributed by atoms with E-state index in [0.717, 1.165) is 0 Å². The van der Waals surface area contributed by atoms with E-state index in [1.165, 1.54) is 23.5 Å². The van der Waals surface area contributed by atoms with Gasteiger partial charge in [-0.3, -0.25) is 19.2 Å². The first kappa shape index (κ1) is 16.0. The molecule has 10 heteroatoms. The first-order chi connectivity index (χ1) is 10.1. The summed E-state index contributed by atoms with van der Waals surface area (Å²) in [6.07, 6.45) is 0. The SMILES string of the molecule is O=C1CNC(=O)[C@H](CSCSC[C@@H]2NC(=O)CNC2=O)N1. The Balaban J connectivity index is 1.61. The van der Waals surface area contributed by atoms with Crippen LogP contribution < -0.4 is 21.3 Å². The van der Waals surface area contributed by atoms with Gasteiger partial charge in [0.15, 0.2) is 0 Å². The Bertz CT molecular complexity index is 420. The van der Waals surface area contributed by atoms with Crippen molar-refractivity contribution in [2.45, 2.75) is 12.1 Å². The third-order valence-electron chi connectivity index (χ3n) is 2.89. The minimum Gasteiger partial charge on any atom is -0.345 e. The topological polar surface area (TPSA) is 116 Å². The highest BCUT2D eigenvalue weighted by Gasteiger charge is 2.27. The highest BCUT2D eigenvalue weighted by Crippen LogP contribution is 2.15. The predicted octanol–water partition coefficient (Wildman–Crippen LogP) is -2.36. The van der Waals surface area contributed by atoms with Gasteiger partial charge in [0.1, 0.15) is 12.1 Å². The molecule has 2 fully saturated rings. The van der Waals surface area contributed by atoms with Gasteiger partial charge in [0.25, 0.3) is 0 Å². The van der Waals surface area contributed by atoms with Crippen LogP contribution in [-0.4, -0.2) is 65.4 Å². The molecule has 0 aromatic carbocycles. The van der Waals surface area contributed by atoms with Crippen LogP contribution in [0.4, 0.5) is 0 Å². The summed E-state index contributed by atoms with van der Waals surface area (Å²) in [6, 6.07) is -1.01. The van der Waals surface area contributed by atoms with Gasteiger partial charge in [0.05, 0.1) is 13.1 Å². The maximum Gasteiger partial charge on any atom is 0.243 e. The van der Waals surface area contributed by atoms with E-state index in [1.807, 2.05) is 0 Å². The lowest BCUT2D eigenvalue weighted by atomic mass is 10.2. The van der Waals surface area contributed by atoms with Crippen molar-refractivity contribution in [2.75, 3.05) is 29.7 Å². The summed E-state index contributed by atoms with van der Waals surface area (Å²) in [6.45, 7) is 0.0660. The zero-order chi connectivity index (χ0) is 15.2. The van der Waals surface area contributed by atoms with E-state index in [2.05, 4.69) is 21.3 Å². The number of carbonyl (C=O) groups is 4. The summed E-state index contributed by atoms with van der Waals surface area (Å²) in [5, 5.41) is 10.9. The molecule has 2 aliphatic rings. The molecular formula is C11H16N4O4S2. The zero-order valence-corrected chi connectivity index (χ0v) is 12.8. The van der Waals surface area contributed by atoms with Gasteiger partial charge in [-0.2, -0.15) is 0 Å². The molecule has 4 amide bonds. The van der Waals surface area contributed by atoms with E-state index in [9.17, 15) is 19.2 Å². The number of amides is 4. The summed E-state index contributed by atoms with van der Waals surface area (Å²) in [7, 11) is 0. The molecule has 2 atom stereocenters. The van der Waals surface area contributed by atoms with Gasteiger partial charge in [0.2, 0.25) is 23.6 Å². The number of hydrogen-bond acceptors (Lipinski definition) is 6. The van der Waals surface area contributed by atoms with E-state index < -0.39 is 12.1 Å². The number of nitrogens with one attached hydrogen (secondary N) is 4. The second kappa shape index (κ2) is 7.55. The number of carbonyl (C=O) groups excluding carboxylic acids is 4. The molecule has 0 spiro atoms. The molecule has 0 unspecified atom stereocenters. The van der Waals surface area contributed by atoms with Crippen molar-refractivity contribution in [1.29, 1.82) is 0 Å². The standard InChI is InChI=1S/C11H16N4O4S2/c16-8-1-12-10(18)6(14-8)3-20-5-21-4-7-11(19)13-2-9(17)15-7/h6-7H,1-5H2,(H,12,18)(H,13,19)(H,14,16)(H,15,17)/t6-,7-/m0/s1.